The van der Waals surface area contributed by atoms with Crippen LogP contribution in [0.1, 0.15) is 31.7 Å². The number of nitrogens with zero attached hydrogens (tertiary/aromatic N) is 4. The van der Waals surface area contributed by atoms with Gasteiger partial charge in [-0.25, -0.2) is 9.67 Å². The zero-order valence-corrected chi connectivity index (χ0v) is 8.21. The second-order valence-electron chi connectivity index (χ2n) is 3.50. The summed E-state index contributed by atoms with van der Waals surface area (Å²) >= 11 is 0. The van der Waals surface area contributed by atoms with E-state index in [-0.39, 0.29) is 12.1 Å². The van der Waals surface area contributed by atoms with Gasteiger partial charge in [-0.15, -0.1) is 5.10 Å². The van der Waals surface area contributed by atoms with E-state index in [1.807, 2.05) is 20.0 Å². The molecule has 2 heterocycles. The molecule has 1 aromatic rings. The van der Waals surface area contributed by atoms with Crippen molar-refractivity contribution in [3.63, 3.8) is 0 Å². The van der Waals surface area contributed by atoms with Crippen molar-refractivity contribution in [3.8, 4) is 0 Å². The Hall–Kier alpha value is -1.59. The number of nitrogens with two attached hydrogens (primary N) is 1. The smallest absolute Gasteiger partial charge is 0.282 e. The van der Waals surface area contributed by atoms with Crippen molar-refractivity contribution >= 4 is 6.02 Å². The molecule has 0 aliphatic carbocycles. The number of amidine groups is 1. The van der Waals surface area contributed by atoms with Gasteiger partial charge in [-0.2, -0.15) is 0 Å². The van der Waals surface area contributed by atoms with Crippen LogP contribution in [0.2, 0.25) is 0 Å². The second-order valence-corrected chi connectivity index (χ2v) is 3.50. The Balaban J connectivity index is 2.11. The summed E-state index contributed by atoms with van der Waals surface area (Å²) in [6.07, 6.45) is 1.70. The molecule has 6 nitrogen and oxygen atoms in total. The van der Waals surface area contributed by atoms with Gasteiger partial charge in [0.05, 0.1) is 12.7 Å². The van der Waals surface area contributed by atoms with E-state index < -0.39 is 0 Å². The fourth-order valence-corrected chi connectivity index (χ4v) is 1.24. The minimum absolute atomic E-state index is 0.164. The maximum Gasteiger partial charge on any atom is 0.282 e. The van der Waals surface area contributed by atoms with Gasteiger partial charge in [0, 0.05) is 6.04 Å². The third kappa shape index (κ3) is 1.55. The first-order valence-electron chi connectivity index (χ1n) is 4.55. The van der Waals surface area contributed by atoms with Gasteiger partial charge in [-0.1, -0.05) is 5.21 Å². The van der Waals surface area contributed by atoms with Gasteiger partial charge in [0.25, 0.3) is 6.02 Å². The number of hydrogen-bond donors (Lipinski definition) is 1. The molecule has 2 rings (SSSR count). The molecule has 76 valence electrons. The SMILES string of the molecule is CC(C)n1cc(C2CN=C(N)O2)nn1. The van der Waals surface area contributed by atoms with Gasteiger partial charge in [-0.3, -0.25) is 0 Å². The van der Waals surface area contributed by atoms with Crippen LogP contribution in [0.3, 0.4) is 0 Å². The summed E-state index contributed by atoms with van der Waals surface area (Å²) in [5, 5.41) is 7.99. The number of aromatic nitrogens is 3. The lowest BCUT2D eigenvalue weighted by atomic mass is 10.3. The van der Waals surface area contributed by atoms with Crippen molar-refractivity contribution in [2.45, 2.75) is 26.0 Å². The fourth-order valence-electron chi connectivity index (χ4n) is 1.24. The highest BCUT2D eigenvalue weighted by Gasteiger charge is 2.22. The van der Waals surface area contributed by atoms with Crippen LogP contribution < -0.4 is 5.73 Å². The zero-order chi connectivity index (χ0) is 10.1. The van der Waals surface area contributed by atoms with E-state index >= 15 is 0 Å². The molecule has 0 spiro atoms. The second kappa shape index (κ2) is 3.28. The molecule has 0 bridgehead atoms. The predicted molar refractivity (Wildman–Crippen MR) is 50.7 cm³/mol. The van der Waals surface area contributed by atoms with Crippen molar-refractivity contribution in [1.82, 2.24) is 15.0 Å². The highest BCUT2D eigenvalue weighted by molar-refractivity contribution is 5.73. The van der Waals surface area contributed by atoms with Crippen LogP contribution in [0.4, 0.5) is 0 Å². The van der Waals surface area contributed by atoms with Gasteiger partial charge in [0.1, 0.15) is 5.69 Å². The molecule has 1 atom stereocenters. The van der Waals surface area contributed by atoms with Crippen LogP contribution in [0.15, 0.2) is 11.2 Å². The lowest BCUT2D eigenvalue weighted by molar-refractivity contribution is 0.221. The van der Waals surface area contributed by atoms with E-state index in [9.17, 15) is 0 Å². The molecule has 1 unspecified atom stereocenters. The molecule has 6 heteroatoms. The zero-order valence-electron chi connectivity index (χ0n) is 8.21. The largest absolute Gasteiger partial charge is 0.453 e. The Kier molecular flexibility index (Phi) is 2.11. The first-order chi connectivity index (χ1) is 6.66. The van der Waals surface area contributed by atoms with Gasteiger partial charge < -0.3 is 10.5 Å². The Morgan fingerprint density at radius 1 is 1.64 bits per heavy atom. The van der Waals surface area contributed by atoms with Crippen LogP contribution in [0.25, 0.3) is 0 Å². The number of ether oxygens (including phenoxy) is 1. The summed E-state index contributed by atoms with van der Waals surface area (Å²) in [6, 6.07) is 0.532. The standard InChI is InChI=1S/C8H13N5O/c1-5(2)13-4-6(11-12-13)7-3-10-8(9)14-7/h4-5,7H,3H2,1-2H3,(H2,9,10). The molecule has 1 aliphatic heterocycles. The maximum absolute atomic E-state index is 5.40. The highest BCUT2D eigenvalue weighted by Crippen LogP contribution is 2.19. The number of rotatable bonds is 2. The van der Waals surface area contributed by atoms with Crippen molar-refractivity contribution in [3.05, 3.63) is 11.9 Å². The Bertz CT molecular complexity index is 356. The molecule has 0 amide bonds. The van der Waals surface area contributed by atoms with E-state index in [0.717, 1.165) is 5.69 Å². The van der Waals surface area contributed by atoms with Crippen LogP contribution in [-0.2, 0) is 4.74 Å². The summed E-state index contributed by atoms with van der Waals surface area (Å²) < 4.78 is 7.04. The molecule has 0 saturated carbocycles. The predicted octanol–water partition coefficient (Wildman–Crippen LogP) is 0.245. The third-order valence-corrected chi connectivity index (χ3v) is 2.06. The summed E-state index contributed by atoms with van der Waals surface area (Å²) in [6.45, 7) is 4.61. The molecule has 14 heavy (non-hydrogen) atoms. The lowest BCUT2D eigenvalue weighted by Crippen LogP contribution is -2.13. The summed E-state index contributed by atoms with van der Waals surface area (Å²) in [4.78, 5) is 3.94. The molecule has 2 N–H and O–H groups in total. The first-order valence-corrected chi connectivity index (χ1v) is 4.55. The Morgan fingerprint density at radius 2 is 2.43 bits per heavy atom. The average Bonchev–Trinajstić information content (AvgIpc) is 2.70. The molecular formula is C8H13N5O. The minimum atomic E-state index is -0.164. The van der Waals surface area contributed by atoms with Gasteiger partial charge in [0.15, 0.2) is 6.10 Å². The highest BCUT2D eigenvalue weighted by atomic mass is 16.5. The molecule has 0 radical (unpaired) electrons. The average molecular weight is 195 g/mol. The van der Waals surface area contributed by atoms with E-state index in [4.69, 9.17) is 10.5 Å². The van der Waals surface area contributed by atoms with Crippen LogP contribution in [0, 0.1) is 0 Å². The Labute approximate surface area is 81.8 Å². The quantitative estimate of drug-likeness (QED) is 0.733. The topological polar surface area (TPSA) is 78.3 Å². The van der Waals surface area contributed by atoms with E-state index in [0.29, 0.717) is 12.6 Å². The number of hydrogen-bond acceptors (Lipinski definition) is 5. The van der Waals surface area contributed by atoms with Crippen molar-refractivity contribution in [2.75, 3.05) is 6.54 Å². The van der Waals surface area contributed by atoms with Crippen LogP contribution in [-0.4, -0.2) is 27.6 Å². The van der Waals surface area contributed by atoms with Gasteiger partial charge >= 0.3 is 0 Å². The van der Waals surface area contributed by atoms with E-state index in [2.05, 4.69) is 15.3 Å². The summed E-state index contributed by atoms with van der Waals surface area (Å²) in [5.74, 6) is 0. The maximum atomic E-state index is 5.40. The molecule has 0 fully saturated rings. The molecule has 1 aliphatic rings. The number of aliphatic imine (C=N–C) groups is 1. The first kappa shape index (κ1) is 8.98. The summed E-state index contributed by atoms with van der Waals surface area (Å²) in [7, 11) is 0. The molecule has 0 aromatic carbocycles. The van der Waals surface area contributed by atoms with Crippen LogP contribution in [0.5, 0.6) is 0 Å². The Morgan fingerprint density at radius 3 is 2.93 bits per heavy atom. The lowest BCUT2D eigenvalue weighted by Gasteiger charge is -2.05. The van der Waals surface area contributed by atoms with E-state index in [1.165, 1.54) is 0 Å². The van der Waals surface area contributed by atoms with E-state index in [1.54, 1.807) is 4.68 Å². The molecular weight excluding hydrogens is 182 g/mol. The van der Waals surface area contributed by atoms with Crippen molar-refractivity contribution < 1.29 is 4.74 Å². The fraction of sp³-hybridized carbons (Fsp3) is 0.625. The summed E-state index contributed by atoms with van der Waals surface area (Å²) in [5.41, 5.74) is 6.18. The monoisotopic (exact) mass is 195 g/mol. The van der Waals surface area contributed by atoms with Gasteiger partial charge in [-0.05, 0) is 13.8 Å². The minimum Gasteiger partial charge on any atom is -0.453 e. The van der Waals surface area contributed by atoms with Crippen molar-refractivity contribution in [1.29, 1.82) is 0 Å². The third-order valence-electron chi connectivity index (χ3n) is 2.06. The molecule has 1 aromatic heterocycles. The van der Waals surface area contributed by atoms with Crippen molar-refractivity contribution in [2.24, 2.45) is 10.7 Å². The van der Waals surface area contributed by atoms with Gasteiger partial charge in [0.2, 0.25) is 0 Å². The molecule has 0 saturated heterocycles. The van der Waals surface area contributed by atoms with Crippen LogP contribution >= 0.6 is 0 Å². The normalized spacial score (nSPS) is 21.1.